The summed E-state index contributed by atoms with van der Waals surface area (Å²) in [4.78, 5) is 8.07. The van der Waals surface area contributed by atoms with Crippen LogP contribution in [0.25, 0.3) is 11.2 Å². The smallest absolute Gasteiger partial charge is 0.183 e. The Labute approximate surface area is 91.8 Å². The van der Waals surface area contributed by atoms with Crippen LogP contribution in [0.15, 0.2) is 6.33 Å². The summed E-state index contributed by atoms with van der Waals surface area (Å²) in [5.41, 5.74) is 3.70. The molecule has 2 aromatic rings. The van der Waals surface area contributed by atoms with Crippen molar-refractivity contribution < 1.29 is 4.74 Å². The van der Waals surface area contributed by atoms with Gasteiger partial charge in [-0.2, -0.15) is 0 Å². The summed E-state index contributed by atoms with van der Waals surface area (Å²) in [5, 5.41) is 7.96. The van der Waals surface area contributed by atoms with Crippen LogP contribution in [0.5, 0.6) is 0 Å². The summed E-state index contributed by atoms with van der Waals surface area (Å²) in [5.74, 6) is 5.78. The molecule has 0 aliphatic carbocycles. The number of fused-ring (bicyclic) bond motifs is 1. The summed E-state index contributed by atoms with van der Waals surface area (Å²) in [6.07, 6.45) is 2.28. The molecule has 2 aromatic heterocycles. The highest BCUT2D eigenvalue weighted by atomic mass is 16.5. The molecule has 0 aliphatic rings. The van der Waals surface area contributed by atoms with Crippen LogP contribution in [0.2, 0.25) is 0 Å². The SMILES string of the molecule is COCCCn1nnc2c(NN)ncnc21. The van der Waals surface area contributed by atoms with Crippen LogP contribution in [0.4, 0.5) is 5.82 Å². The highest BCUT2D eigenvalue weighted by Crippen LogP contribution is 2.14. The number of nitrogen functional groups attached to an aromatic ring is 1. The molecule has 0 unspecified atom stereocenters. The molecule has 16 heavy (non-hydrogen) atoms. The Hall–Kier alpha value is -1.80. The summed E-state index contributed by atoms with van der Waals surface area (Å²) in [6, 6.07) is 0. The summed E-state index contributed by atoms with van der Waals surface area (Å²) < 4.78 is 6.68. The predicted molar refractivity (Wildman–Crippen MR) is 57.4 cm³/mol. The van der Waals surface area contributed by atoms with Crippen LogP contribution in [0.1, 0.15) is 6.42 Å². The zero-order chi connectivity index (χ0) is 11.4. The highest BCUT2D eigenvalue weighted by Gasteiger charge is 2.09. The Bertz CT molecular complexity index is 468. The van der Waals surface area contributed by atoms with Crippen molar-refractivity contribution in [2.75, 3.05) is 19.1 Å². The zero-order valence-electron chi connectivity index (χ0n) is 8.92. The third kappa shape index (κ3) is 1.92. The lowest BCUT2D eigenvalue weighted by molar-refractivity contribution is 0.189. The molecule has 2 heterocycles. The number of anilines is 1. The molecule has 3 N–H and O–H groups in total. The van der Waals surface area contributed by atoms with Gasteiger partial charge in [-0.3, -0.25) is 0 Å². The Kier molecular flexibility index (Phi) is 3.22. The number of nitrogens with zero attached hydrogens (tertiary/aromatic N) is 5. The number of aryl methyl sites for hydroxylation is 1. The molecule has 0 aliphatic heterocycles. The van der Waals surface area contributed by atoms with Crippen molar-refractivity contribution in [2.45, 2.75) is 13.0 Å². The molecular formula is C8H13N7O. The Morgan fingerprint density at radius 3 is 3.12 bits per heavy atom. The van der Waals surface area contributed by atoms with E-state index in [0.29, 0.717) is 30.1 Å². The second-order valence-corrected chi connectivity index (χ2v) is 3.20. The first-order valence-electron chi connectivity index (χ1n) is 4.86. The minimum atomic E-state index is 0.475. The lowest BCUT2D eigenvalue weighted by Crippen LogP contribution is -2.09. The third-order valence-corrected chi connectivity index (χ3v) is 2.16. The van der Waals surface area contributed by atoms with Crippen molar-refractivity contribution in [1.29, 1.82) is 0 Å². The van der Waals surface area contributed by atoms with Gasteiger partial charge in [-0.1, -0.05) is 5.21 Å². The van der Waals surface area contributed by atoms with Gasteiger partial charge in [-0.25, -0.2) is 20.5 Å². The van der Waals surface area contributed by atoms with Gasteiger partial charge in [0.1, 0.15) is 6.33 Å². The van der Waals surface area contributed by atoms with Crippen molar-refractivity contribution in [2.24, 2.45) is 5.84 Å². The molecule has 86 valence electrons. The van der Waals surface area contributed by atoms with Crippen LogP contribution in [0, 0.1) is 0 Å². The van der Waals surface area contributed by atoms with E-state index in [1.54, 1.807) is 11.8 Å². The molecule has 8 nitrogen and oxygen atoms in total. The second-order valence-electron chi connectivity index (χ2n) is 3.20. The molecule has 0 atom stereocenters. The molecule has 0 spiro atoms. The molecule has 0 aromatic carbocycles. The van der Waals surface area contributed by atoms with Crippen molar-refractivity contribution in [3.05, 3.63) is 6.33 Å². The fourth-order valence-corrected chi connectivity index (χ4v) is 1.41. The monoisotopic (exact) mass is 223 g/mol. The molecule has 0 saturated carbocycles. The number of rotatable bonds is 5. The van der Waals surface area contributed by atoms with Gasteiger partial charge < -0.3 is 10.2 Å². The highest BCUT2D eigenvalue weighted by molar-refractivity contribution is 5.81. The number of hydrogen-bond donors (Lipinski definition) is 2. The number of aromatic nitrogens is 5. The fourth-order valence-electron chi connectivity index (χ4n) is 1.41. The predicted octanol–water partition coefficient (Wildman–Crippen LogP) is -0.457. The van der Waals surface area contributed by atoms with Crippen molar-refractivity contribution in [3.8, 4) is 0 Å². The molecular weight excluding hydrogens is 210 g/mol. The zero-order valence-corrected chi connectivity index (χ0v) is 8.92. The quantitative estimate of drug-likeness (QED) is 0.401. The number of nitrogens with two attached hydrogens (primary N) is 1. The minimum Gasteiger partial charge on any atom is -0.385 e. The minimum absolute atomic E-state index is 0.475. The van der Waals surface area contributed by atoms with Gasteiger partial charge in [0.05, 0.1) is 0 Å². The summed E-state index contributed by atoms with van der Waals surface area (Å²) in [7, 11) is 1.66. The summed E-state index contributed by atoms with van der Waals surface area (Å²) in [6.45, 7) is 1.37. The summed E-state index contributed by atoms with van der Waals surface area (Å²) >= 11 is 0. The van der Waals surface area contributed by atoms with Crippen LogP contribution in [-0.2, 0) is 11.3 Å². The van der Waals surface area contributed by atoms with Gasteiger partial charge in [0.15, 0.2) is 17.0 Å². The largest absolute Gasteiger partial charge is 0.385 e. The maximum Gasteiger partial charge on any atom is 0.183 e. The van der Waals surface area contributed by atoms with E-state index >= 15 is 0 Å². The van der Waals surface area contributed by atoms with Crippen molar-refractivity contribution >= 4 is 17.0 Å². The number of methoxy groups -OCH3 is 1. The lowest BCUT2D eigenvalue weighted by atomic mass is 10.4. The maximum atomic E-state index is 5.31. The Morgan fingerprint density at radius 1 is 1.50 bits per heavy atom. The molecule has 2 rings (SSSR count). The number of hydrazine groups is 1. The Balaban J connectivity index is 2.27. The van der Waals surface area contributed by atoms with Crippen LogP contribution >= 0.6 is 0 Å². The number of ether oxygens (including phenoxy) is 1. The molecule has 0 fully saturated rings. The van der Waals surface area contributed by atoms with E-state index in [1.165, 1.54) is 6.33 Å². The van der Waals surface area contributed by atoms with E-state index in [2.05, 4.69) is 25.7 Å². The van der Waals surface area contributed by atoms with Gasteiger partial charge in [0, 0.05) is 20.3 Å². The molecule has 0 saturated heterocycles. The van der Waals surface area contributed by atoms with Crippen LogP contribution in [0.3, 0.4) is 0 Å². The van der Waals surface area contributed by atoms with E-state index in [0.717, 1.165) is 6.42 Å². The van der Waals surface area contributed by atoms with Gasteiger partial charge in [-0.05, 0) is 6.42 Å². The maximum absolute atomic E-state index is 5.31. The first-order chi connectivity index (χ1) is 7.86. The fraction of sp³-hybridized carbons (Fsp3) is 0.500. The standard InChI is InChI=1S/C8H13N7O/c1-16-4-2-3-15-8-6(13-14-15)7(12-9)10-5-11-8/h5H,2-4,9H2,1H3,(H,10,11,12). The molecule has 8 heteroatoms. The van der Waals surface area contributed by atoms with Crippen LogP contribution < -0.4 is 11.3 Å². The topological polar surface area (TPSA) is 104 Å². The van der Waals surface area contributed by atoms with E-state index in [9.17, 15) is 0 Å². The van der Waals surface area contributed by atoms with Gasteiger partial charge >= 0.3 is 0 Å². The average Bonchev–Trinajstić information content (AvgIpc) is 2.73. The first-order valence-corrected chi connectivity index (χ1v) is 4.86. The number of nitrogens with one attached hydrogen (secondary N) is 1. The average molecular weight is 223 g/mol. The second kappa shape index (κ2) is 4.81. The molecule has 0 bridgehead atoms. The first kappa shape index (κ1) is 10.7. The van der Waals surface area contributed by atoms with Crippen molar-refractivity contribution in [3.63, 3.8) is 0 Å². The van der Waals surface area contributed by atoms with E-state index < -0.39 is 0 Å². The van der Waals surface area contributed by atoms with E-state index in [1.807, 2.05) is 0 Å². The molecule has 0 amide bonds. The van der Waals surface area contributed by atoms with E-state index in [-0.39, 0.29) is 0 Å². The van der Waals surface area contributed by atoms with Crippen molar-refractivity contribution in [1.82, 2.24) is 25.0 Å². The van der Waals surface area contributed by atoms with Gasteiger partial charge in [0.2, 0.25) is 0 Å². The van der Waals surface area contributed by atoms with Crippen LogP contribution in [-0.4, -0.2) is 38.7 Å². The Morgan fingerprint density at radius 2 is 2.38 bits per heavy atom. The van der Waals surface area contributed by atoms with Gasteiger partial charge in [-0.15, -0.1) is 5.10 Å². The normalized spacial score (nSPS) is 10.9. The van der Waals surface area contributed by atoms with Gasteiger partial charge in [0.25, 0.3) is 0 Å². The van der Waals surface area contributed by atoms with E-state index in [4.69, 9.17) is 10.6 Å². The number of hydrogen-bond acceptors (Lipinski definition) is 7. The molecule has 0 radical (unpaired) electrons. The third-order valence-electron chi connectivity index (χ3n) is 2.16. The lowest BCUT2D eigenvalue weighted by Gasteiger charge is -2.01.